The Hall–Kier alpha value is -2.06. The van der Waals surface area contributed by atoms with Crippen LogP contribution in [0.15, 0.2) is 24.3 Å². The Balaban J connectivity index is 2.36. The van der Waals surface area contributed by atoms with Crippen molar-refractivity contribution < 1.29 is 27.2 Å². The Bertz CT molecular complexity index is 829. The van der Waals surface area contributed by atoms with Crippen LogP contribution in [-0.2, 0) is 19.6 Å². The number of rotatable bonds is 8. The van der Waals surface area contributed by atoms with Crippen molar-refractivity contribution in [3.63, 3.8) is 0 Å². The smallest absolute Gasteiger partial charge is 0.305 e. The number of esters is 1. The Morgan fingerprint density at radius 2 is 2.00 bits per heavy atom. The zero-order valence-electron chi connectivity index (χ0n) is 16.2. The van der Waals surface area contributed by atoms with E-state index in [1.54, 1.807) is 26.2 Å². The number of nitrogens with zero attached hydrogens (tertiary/aromatic N) is 1. The molecule has 0 aromatic heterocycles. The molecular formula is C19H27NO6S. The van der Waals surface area contributed by atoms with Crippen LogP contribution in [0.2, 0.25) is 0 Å². The molecule has 1 heterocycles. The molecular weight excluding hydrogens is 370 g/mol. The highest BCUT2D eigenvalue weighted by Crippen LogP contribution is 2.41. The van der Waals surface area contributed by atoms with Crippen molar-refractivity contribution in [2.75, 3.05) is 30.9 Å². The Morgan fingerprint density at radius 1 is 1.30 bits per heavy atom. The van der Waals surface area contributed by atoms with Gasteiger partial charge in [-0.15, -0.1) is 0 Å². The average molecular weight is 397 g/mol. The minimum atomic E-state index is -4.16. The molecule has 8 heteroatoms. The van der Waals surface area contributed by atoms with E-state index < -0.39 is 21.4 Å². The lowest BCUT2D eigenvalue weighted by atomic mass is 9.88. The molecule has 1 aliphatic heterocycles. The Kier molecular flexibility index (Phi) is 6.54. The molecule has 0 bridgehead atoms. The van der Waals surface area contributed by atoms with Gasteiger partial charge in [-0.2, -0.15) is 8.42 Å². The number of fused-ring (bicyclic) bond motifs is 1. The molecule has 1 aromatic rings. The lowest BCUT2D eigenvalue weighted by Crippen LogP contribution is -2.46. The number of benzene rings is 1. The van der Waals surface area contributed by atoms with E-state index in [0.29, 0.717) is 37.3 Å². The van der Waals surface area contributed by atoms with Gasteiger partial charge in [-0.25, -0.2) is 0 Å². The van der Waals surface area contributed by atoms with E-state index in [9.17, 15) is 17.8 Å². The van der Waals surface area contributed by atoms with Crippen molar-refractivity contribution >= 4 is 27.3 Å². The van der Waals surface area contributed by atoms with E-state index in [0.717, 1.165) is 11.3 Å². The van der Waals surface area contributed by atoms with Crippen LogP contribution in [0.1, 0.15) is 39.2 Å². The fourth-order valence-corrected chi connectivity index (χ4v) is 4.00. The van der Waals surface area contributed by atoms with Crippen LogP contribution < -0.4 is 9.64 Å². The summed E-state index contributed by atoms with van der Waals surface area (Å²) in [5.41, 5.74) is 1.57. The minimum absolute atomic E-state index is 0.235. The first-order valence-electron chi connectivity index (χ1n) is 8.86. The molecule has 0 atom stereocenters. The highest BCUT2D eigenvalue weighted by Gasteiger charge is 2.33. The molecule has 0 fully saturated rings. The summed E-state index contributed by atoms with van der Waals surface area (Å²) in [7, 11) is -2.60. The fraction of sp³-hybridized carbons (Fsp3) is 0.526. The van der Waals surface area contributed by atoms with E-state index in [-0.39, 0.29) is 5.97 Å². The third-order valence-corrected chi connectivity index (χ3v) is 5.15. The van der Waals surface area contributed by atoms with Gasteiger partial charge in [0, 0.05) is 30.3 Å². The first-order chi connectivity index (χ1) is 12.6. The molecule has 0 saturated carbocycles. The van der Waals surface area contributed by atoms with Gasteiger partial charge in [0.2, 0.25) is 0 Å². The number of anilines is 1. The van der Waals surface area contributed by atoms with Crippen LogP contribution in [-0.4, -0.2) is 50.5 Å². The summed E-state index contributed by atoms with van der Waals surface area (Å²) in [6, 6.07) is 5.39. The number of carbonyl (C=O) groups is 1. The van der Waals surface area contributed by atoms with Gasteiger partial charge >= 0.3 is 5.97 Å². The Labute approximate surface area is 160 Å². The minimum Gasteiger partial charge on any atom is -0.497 e. The molecule has 0 unspecified atom stereocenters. The predicted molar refractivity (Wildman–Crippen MR) is 105 cm³/mol. The first kappa shape index (κ1) is 21.2. The second kappa shape index (κ2) is 8.31. The summed E-state index contributed by atoms with van der Waals surface area (Å²) in [6.45, 7) is 6.64. The van der Waals surface area contributed by atoms with Crippen LogP contribution in [0.5, 0.6) is 5.75 Å². The molecule has 27 heavy (non-hydrogen) atoms. The molecule has 7 nitrogen and oxygen atoms in total. The molecule has 1 aromatic carbocycles. The SMILES string of the molecule is CCOC(=O)CCCN1c2cc(OC)ccc2C(CS(=O)(=O)O)=CC1(C)C. The summed E-state index contributed by atoms with van der Waals surface area (Å²) in [5.74, 6) is -0.0410. The molecule has 1 aliphatic rings. The second-order valence-electron chi connectivity index (χ2n) is 6.99. The van der Waals surface area contributed by atoms with Crippen molar-refractivity contribution in [3.8, 4) is 5.75 Å². The van der Waals surface area contributed by atoms with Gasteiger partial charge in [0.05, 0.1) is 19.3 Å². The maximum absolute atomic E-state index is 11.6. The monoisotopic (exact) mass is 397 g/mol. The summed E-state index contributed by atoms with van der Waals surface area (Å²) in [4.78, 5) is 13.7. The van der Waals surface area contributed by atoms with Crippen molar-refractivity contribution in [1.82, 2.24) is 0 Å². The van der Waals surface area contributed by atoms with Gasteiger partial charge in [-0.05, 0) is 44.9 Å². The largest absolute Gasteiger partial charge is 0.497 e. The fourth-order valence-electron chi connectivity index (χ4n) is 3.36. The van der Waals surface area contributed by atoms with Gasteiger partial charge in [0.15, 0.2) is 0 Å². The lowest BCUT2D eigenvalue weighted by Gasteiger charge is -2.43. The molecule has 2 rings (SSSR count). The highest BCUT2D eigenvalue weighted by molar-refractivity contribution is 7.86. The van der Waals surface area contributed by atoms with Gasteiger partial charge < -0.3 is 14.4 Å². The topological polar surface area (TPSA) is 93.1 Å². The zero-order valence-corrected chi connectivity index (χ0v) is 17.0. The number of methoxy groups -OCH3 is 1. The van der Waals surface area contributed by atoms with Crippen LogP contribution >= 0.6 is 0 Å². The van der Waals surface area contributed by atoms with Crippen molar-refractivity contribution in [2.24, 2.45) is 0 Å². The van der Waals surface area contributed by atoms with Crippen molar-refractivity contribution in [3.05, 3.63) is 29.8 Å². The van der Waals surface area contributed by atoms with E-state index in [1.807, 2.05) is 26.0 Å². The van der Waals surface area contributed by atoms with Crippen molar-refractivity contribution in [1.29, 1.82) is 0 Å². The van der Waals surface area contributed by atoms with Crippen LogP contribution in [0.25, 0.3) is 5.57 Å². The third kappa shape index (κ3) is 5.46. The summed E-state index contributed by atoms with van der Waals surface area (Å²) < 4.78 is 42.5. The summed E-state index contributed by atoms with van der Waals surface area (Å²) >= 11 is 0. The molecule has 0 radical (unpaired) electrons. The first-order valence-corrected chi connectivity index (χ1v) is 10.5. The standard InChI is InChI=1S/C19H27NO6S/c1-5-26-18(21)7-6-10-20-17-11-15(25-4)8-9-16(17)14(12-19(20,2)3)13-27(22,23)24/h8-9,11-12H,5-7,10,13H2,1-4H3,(H,22,23,24). The zero-order chi connectivity index (χ0) is 20.2. The molecule has 0 amide bonds. The lowest BCUT2D eigenvalue weighted by molar-refractivity contribution is -0.143. The maximum atomic E-state index is 11.6. The van der Waals surface area contributed by atoms with Gasteiger partial charge in [-0.1, -0.05) is 6.08 Å². The second-order valence-corrected chi connectivity index (χ2v) is 8.45. The molecule has 0 aliphatic carbocycles. The quantitative estimate of drug-likeness (QED) is 0.532. The number of carbonyl (C=O) groups excluding carboxylic acids is 1. The maximum Gasteiger partial charge on any atom is 0.305 e. The normalized spacial score (nSPS) is 15.7. The highest BCUT2D eigenvalue weighted by atomic mass is 32.2. The van der Waals surface area contributed by atoms with Crippen LogP contribution in [0, 0.1) is 0 Å². The summed E-state index contributed by atoms with van der Waals surface area (Å²) in [5, 5.41) is 0. The average Bonchev–Trinajstić information content (AvgIpc) is 2.55. The van der Waals surface area contributed by atoms with Gasteiger partial charge in [0.25, 0.3) is 10.1 Å². The molecule has 150 valence electrons. The molecule has 0 saturated heterocycles. The number of hydrogen-bond acceptors (Lipinski definition) is 6. The summed E-state index contributed by atoms with van der Waals surface area (Å²) in [6.07, 6.45) is 2.75. The van der Waals surface area contributed by atoms with Gasteiger partial charge in [-0.3, -0.25) is 9.35 Å². The third-order valence-electron chi connectivity index (χ3n) is 4.47. The Morgan fingerprint density at radius 3 is 2.59 bits per heavy atom. The van der Waals surface area contributed by atoms with E-state index in [4.69, 9.17) is 9.47 Å². The van der Waals surface area contributed by atoms with Crippen molar-refractivity contribution in [2.45, 2.75) is 39.2 Å². The van der Waals surface area contributed by atoms with E-state index >= 15 is 0 Å². The van der Waals surface area contributed by atoms with Crippen LogP contribution in [0.4, 0.5) is 5.69 Å². The van der Waals surface area contributed by atoms with Crippen LogP contribution in [0.3, 0.4) is 0 Å². The number of ether oxygens (including phenoxy) is 2. The predicted octanol–water partition coefficient (Wildman–Crippen LogP) is 2.91. The van der Waals surface area contributed by atoms with E-state index in [2.05, 4.69) is 4.90 Å². The molecule has 1 N–H and O–H groups in total. The number of hydrogen-bond donors (Lipinski definition) is 1. The van der Waals surface area contributed by atoms with E-state index in [1.165, 1.54) is 0 Å². The van der Waals surface area contributed by atoms with Gasteiger partial charge in [0.1, 0.15) is 11.5 Å². The molecule has 0 spiro atoms.